The van der Waals surface area contributed by atoms with Crippen molar-refractivity contribution in [2.45, 2.75) is 44.7 Å². The molecular weight excluding hydrogens is 336 g/mol. The van der Waals surface area contributed by atoms with E-state index in [2.05, 4.69) is 46.5 Å². The van der Waals surface area contributed by atoms with Gasteiger partial charge in [0.25, 0.3) is 0 Å². The Bertz CT molecular complexity index is 784. The molecule has 1 aliphatic heterocycles. The molecule has 2 fully saturated rings. The molecule has 2 aromatic rings. The minimum atomic E-state index is -0.257. The van der Waals surface area contributed by atoms with Gasteiger partial charge in [0, 0.05) is 25.3 Å². The third-order valence-electron chi connectivity index (χ3n) is 6.13. The highest BCUT2D eigenvalue weighted by Crippen LogP contribution is 2.62. The highest BCUT2D eigenvalue weighted by atomic mass is 16.2. The molecule has 2 N–H and O–H groups in total. The van der Waals surface area contributed by atoms with Gasteiger partial charge in [-0.2, -0.15) is 0 Å². The zero-order valence-electron chi connectivity index (χ0n) is 16.1. The Balaban J connectivity index is 1.34. The van der Waals surface area contributed by atoms with Crippen LogP contribution in [0.4, 0.5) is 10.6 Å². The number of urea groups is 1. The van der Waals surface area contributed by atoms with Crippen molar-refractivity contribution in [2.75, 3.05) is 18.0 Å². The molecule has 1 atom stereocenters. The number of hydrogen-bond acceptors (Lipinski definition) is 3. The van der Waals surface area contributed by atoms with Gasteiger partial charge in [0.05, 0.1) is 5.54 Å². The van der Waals surface area contributed by atoms with Crippen molar-refractivity contribution < 1.29 is 4.79 Å². The van der Waals surface area contributed by atoms with Crippen LogP contribution in [0.25, 0.3) is 0 Å². The number of benzene rings is 1. The normalized spacial score (nSPS) is 24.3. The Hall–Kier alpha value is -2.56. The van der Waals surface area contributed by atoms with Crippen molar-refractivity contribution in [3.63, 3.8) is 0 Å². The van der Waals surface area contributed by atoms with Gasteiger partial charge in [0.15, 0.2) is 0 Å². The maximum atomic E-state index is 12.7. The molecule has 2 amide bonds. The molecule has 2 heterocycles. The number of carbonyl (C=O) groups excluding carboxylic acids is 1. The van der Waals surface area contributed by atoms with Crippen LogP contribution in [0.15, 0.2) is 54.7 Å². The van der Waals surface area contributed by atoms with Crippen LogP contribution in [0, 0.1) is 5.41 Å². The lowest BCUT2D eigenvalue weighted by Crippen LogP contribution is -2.51. The fourth-order valence-electron chi connectivity index (χ4n) is 4.33. The SMILES string of the molecule is CC1(C)CC1(NC(=O)NC1CCN(c2ccccn2)CC1)c1ccccc1. The molecule has 0 spiro atoms. The summed E-state index contributed by atoms with van der Waals surface area (Å²) in [6, 6.07) is 16.5. The number of amides is 2. The van der Waals surface area contributed by atoms with Crippen LogP contribution in [0.3, 0.4) is 0 Å². The second-order valence-corrected chi connectivity index (χ2v) is 8.38. The summed E-state index contributed by atoms with van der Waals surface area (Å²) in [7, 11) is 0. The van der Waals surface area contributed by atoms with Crippen molar-refractivity contribution in [1.29, 1.82) is 0 Å². The molecule has 2 aliphatic rings. The Morgan fingerprint density at radius 1 is 1.07 bits per heavy atom. The van der Waals surface area contributed by atoms with E-state index < -0.39 is 0 Å². The molecule has 142 valence electrons. The maximum absolute atomic E-state index is 12.7. The maximum Gasteiger partial charge on any atom is 0.315 e. The Morgan fingerprint density at radius 3 is 2.33 bits per heavy atom. The topological polar surface area (TPSA) is 57.3 Å². The first-order chi connectivity index (χ1) is 13.0. The Labute approximate surface area is 161 Å². The van der Waals surface area contributed by atoms with E-state index in [1.54, 1.807) is 0 Å². The quantitative estimate of drug-likeness (QED) is 0.870. The number of pyridine rings is 1. The standard InChI is InChI=1S/C22H28N4O/c1-21(2)16-22(21,17-8-4-3-5-9-17)25-20(27)24-18-11-14-26(15-12-18)19-10-6-7-13-23-19/h3-10,13,18H,11-12,14-16H2,1-2H3,(H2,24,25,27). The molecule has 1 unspecified atom stereocenters. The van der Waals surface area contributed by atoms with E-state index in [4.69, 9.17) is 0 Å². The van der Waals surface area contributed by atoms with Gasteiger partial charge in [0.2, 0.25) is 0 Å². The molecule has 1 saturated heterocycles. The van der Waals surface area contributed by atoms with E-state index >= 15 is 0 Å². The average molecular weight is 364 g/mol. The zero-order valence-corrected chi connectivity index (χ0v) is 16.1. The summed E-state index contributed by atoms with van der Waals surface area (Å²) < 4.78 is 0. The number of anilines is 1. The Morgan fingerprint density at radius 2 is 1.74 bits per heavy atom. The lowest BCUT2D eigenvalue weighted by atomic mass is 9.96. The van der Waals surface area contributed by atoms with Crippen LogP contribution < -0.4 is 15.5 Å². The van der Waals surface area contributed by atoms with E-state index in [9.17, 15) is 4.79 Å². The summed E-state index contributed by atoms with van der Waals surface area (Å²) >= 11 is 0. The predicted octanol–water partition coefficient (Wildman–Crippen LogP) is 3.68. The molecular formula is C22H28N4O. The molecule has 0 bridgehead atoms. The first kappa shape index (κ1) is 17.8. The number of hydrogen-bond donors (Lipinski definition) is 2. The number of carbonyl (C=O) groups is 1. The molecule has 4 rings (SSSR count). The minimum absolute atomic E-state index is 0.0549. The molecule has 1 aromatic heterocycles. The van der Waals surface area contributed by atoms with Crippen molar-refractivity contribution >= 4 is 11.8 Å². The number of aromatic nitrogens is 1. The molecule has 1 aliphatic carbocycles. The third kappa shape index (κ3) is 3.51. The lowest BCUT2D eigenvalue weighted by molar-refractivity contribution is 0.225. The second kappa shape index (κ2) is 6.87. The van der Waals surface area contributed by atoms with Gasteiger partial charge in [0.1, 0.15) is 5.82 Å². The van der Waals surface area contributed by atoms with Gasteiger partial charge in [-0.3, -0.25) is 0 Å². The average Bonchev–Trinajstić information content (AvgIpc) is 3.25. The summed E-state index contributed by atoms with van der Waals surface area (Å²) in [5, 5.41) is 6.49. The van der Waals surface area contributed by atoms with Gasteiger partial charge >= 0.3 is 6.03 Å². The fraction of sp³-hybridized carbons (Fsp3) is 0.455. The van der Waals surface area contributed by atoms with Crippen LogP contribution in [0.2, 0.25) is 0 Å². The summed E-state index contributed by atoms with van der Waals surface area (Å²) in [5.41, 5.74) is 1.01. The summed E-state index contributed by atoms with van der Waals surface area (Å²) in [6.07, 6.45) is 4.67. The highest BCUT2D eigenvalue weighted by molar-refractivity contribution is 5.76. The van der Waals surface area contributed by atoms with Crippen molar-refractivity contribution in [3.8, 4) is 0 Å². The lowest BCUT2D eigenvalue weighted by Gasteiger charge is -2.33. The summed E-state index contributed by atoms with van der Waals surface area (Å²) in [4.78, 5) is 19.4. The van der Waals surface area contributed by atoms with Crippen LogP contribution in [0.1, 0.15) is 38.7 Å². The van der Waals surface area contributed by atoms with Crippen LogP contribution >= 0.6 is 0 Å². The zero-order chi connectivity index (χ0) is 18.9. The van der Waals surface area contributed by atoms with E-state index in [0.29, 0.717) is 0 Å². The van der Waals surface area contributed by atoms with Crippen molar-refractivity contribution in [1.82, 2.24) is 15.6 Å². The predicted molar refractivity (Wildman–Crippen MR) is 108 cm³/mol. The van der Waals surface area contributed by atoms with Gasteiger partial charge in [-0.1, -0.05) is 50.2 Å². The largest absolute Gasteiger partial charge is 0.356 e. The van der Waals surface area contributed by atoms with E-state index in [1.807, 2.05) is 42.6 Å². The number of piperidine rings is 1. The molecule has 1 aromatic carbocycles. The second-order valence-electron chi connectivity index (χ2n) is 8.38. The van der Waals surface area contributed by atoms with E-state index in [1.165, 1.54) is 5.56 Å². The first-order valence-corrected chi connectivity index (χ1v) is 9.80. The van der Waals surface area contributed by atoms with Gasteiger partial charge < -0.3 is 15.5 Å². The number of nitrogens with zero attached hydrogens (tertiary/aromatic N) is 2. The van der Waals surface area contributed by atoms with Gasteiger partial charge in [-0.25, -0.2) is 9.78 Å². The summed E-state index contributed by atoms with van der Waals surface area (Å²) in [6.45, 7) is 6.26. The van der Waals surface area contributed by atoms with E-state index in [0.717, 1.165) is 38.2 Å². The summed E-state index contributed by atoms with van der Waals surface area (Å²) in [5.74, 6) is 1.02. The van der Waals surface area contributed by atoms with Crippen LogP contribution in [-0.4, -0.2) is 30.1 Å². The molecule has 1 saturated carbocycles. The molecule has 27 heavy (non-hydrogen) atoms. The smallest absolute Gasteiger partial charge is 0.315 e. The van der Waals surface area contributed by atoms with Gasteiger partial charge in [-0.15, -0.1) is 0 Å². The molecule has 5 nitrogen and oxygen atoms in total. The number of rotatable bonds is 4. The van der Waals surface area contributed by atoms with Crippen molar-refractivity contribution in [2.24, 2.45) is 5.41 Å². The molecule has 5 heteroatoms. The van der Waals surface area contributed by atoms with Crippen molar-refractivity contribution in [3.05, 3.63) is 60.3 Å². The Kier molecular flexibility index (Phi) is 4.54. The molecule has 0 radical (unpaired) electrons. The van der Waals surface area contributed by atoms with Crippen LogP contribution in [-0.2, 0) is 5.54 Å². The number of nitrogens with one attached hydrogen (secondary N) is 2. The van der Waals surface area contributed by atoms with Gasteiger partial charge in [-0.05, 0) is 42.4 Å². The monoisotopic (exact) mass is 364 g/mol. The van der Waals surface area contributed by atoms with E-state index in [-0.39, 0.29) is 23.0 Å². The highest BCUT2D eigenvalue weighted by Gasteiger charge is 2.63. The third-order valence-corrected chi connectivity index (χ3v) is 6.13. The first-order valence-electron chi connectivity index (χ1n) is 9.80. The minimum Gasteiger partial charge on any atom is -0.356 e. The fourth-order valence-corrected chi connectivity index (χ4v) is 4.33. The van der Waals surface area contributed by atoms with Crippen LogP contribution in [0.5, 0.6) is 0 Å².